The fourth-order valence-electron chi connectivity index (χ4n) is 3.17. The fourth-order valence-corrected chi connectivity index (χ4v) is 3.30. The van der Waals surface area contributed by atoms with E-state index in [9.17, 15) is 0 Å². The van der Waals surface area contributed by atoms with E-state index in [0.29, 0.717) is 12.5 Å². The molecule has 138 valence electrons. The molecule has 2 heterocycles. The molecule has 0 aliphatic carbocycles. The van der Waals surface area contributed by atoms with Gasteiger partial charge in [0.2, 0.25) is 5.95 Å². The summed E-state index contributed by atoms with van der Waals surface area (Å²) in [5.74, 6) is 1.35. The van der Waals surface area contributed by atoms with E-state index in [-0.39, 0.29) is 0 Å². The molecule has 0 radical (unpaired) electrons. The largest absolute Gasteiger partial charge is 0.372 e. The van der Waals surface area contributed by atoms with Gasteiger partial charge in [-0.2, -0.15) is 4.98 Å². The molecule has 0 saturated carbocycles. The molecule has 1 aliphatic rings. The Kier molecular flexibility index (Phi) is 5.39. The van der Waals surface area contributed by atoms with Gasteiger partial charge in [-0.3, -0.25) is 0 Å². The van der Waals surface area contributed by atoms with Crippen LogP contribution >= 0.6 is 11.6 Å². The van der Waals surface area contributed by atoms with Gasteiger partial charge in [0.25, 0.3) is 0 Å². The fraction of sp³-hybridized carbons (Fsp3) is 0.238. The van der Waals surface area contributed by atoms with E-state index in [4.69, 9.17) is 11.6 Å². The number of nitrogens with one attached hydrogen (secondary N) is 2. The smallest absolute Gasteiger partial charge is 0.229 e. The average Bonchev–Trinajstić information content (AvgIpc) is 3.23. The van der Waals surface area contributed by atoms with Gasteiger partial charge in [-0.25, -0.2) is 4.98 Å². The van der Waals surface area contributed by atoms with Gasteiger partial charge in [0, 0.05) is 42.2 Å². The Morgan fingerprint density at radius 2 is 1.67 bits per heavy atom. The summed E-state index contributed by atoms with van der Waals surface area (Å²) >= 11 is 5.92. The van der Waals surface area contributed by atoms with Crippen LogP contribution in [0, 0.1) is 0 Å². The molecule has 2 N–H and O–H groups in total. The van der Waals surface area contributed by atoms with E-state index >= 15 is 0 Å². The number of aromatic nitrogens is 2. The van der Waals surface area contributed by atoms with Crippen molar-refractivity contribution in [3.05, 3.63) is 71.4 Å². The number of anilines is 4. The molecule has 0 amide bonds. The second-order valence-corrected chi connectivity index (χ2v) is 7.05. The SMILES string of the molecule is Clc1ccc(CNc2ccnc(Nc3ccc(N4CCCC4)cc3)n2)cc1. The zero-order valence-electron chi connectivity index (χ0n) is 15.0. The van der Waals surface area contributed by atoms with Crippen molar-refractivity contribution >= 4 is 34.7 Å². The van der Waals surface area contributed by atoms with Gasteiger partial charge in [0.1, 0.15) is 5.82 Å². The molecule has 0 spiro atoms. The van der Waals surface area contributed by atoms with E-state index in [1.165, 1.54) is 18.5 Å². The maximum Gasteiger partial charge on any atom is 0.229 e. The molecule has 0 bridgehead atoms. The predicted molar refractivity (Wildman–Crippen MR) is 112 cm³/mol. The summed E-state index contributed by atoms with van der Waals surface area (Å²) in [4.78, 5) is 11.3. The second-order valence-electron chi connectivity index (χ2n) is 6.61. The molecule has 1 aliphatic heterocycles. The van der Waals surface area contributed by atoms with Crippen molar-refractivity contribution in [1.29, 1.82) is 0 Å². The third-order valence-electron chi connectivity index (χ3n) is 4.64. The van der Waals surface area contributed by atoms with Crippen molar-refractivity contribution in [2.45, 2.75) is 19.4 Å². The molecule has 1 aromatic heterocycles. The first kappa shape index (κ1) is 17.6. The van der Waals surface area contributed by atoms with Crippen LogP contribution in [0.1, 0.15) is 18.4 Å². The number of benzene rings is 2. The second kappa shape index (κ2) is 8.27. The lowest BCUT2D eigenvalue weighted by atomic mass is 10.2. The summed E-state index contributed by atoms with van der Waals surface area (Å²) in [6.07, 6.45) is 4.31. The maximum atomic E-state index is 5.92. The third kappa shape index (κ3) is 4.68. The minimum atomic E-state index is 0.574. The first-order chi connectivity index (χ1) is 13.3. The first-order valence-corrected chi connectivity index (χ1v) is 9.57. The van der Waals surface area contributed by atoms with E-state index in [1.54, 1.807) is 6.20 Å². The van der Waals surface area contributed by atoms with Crippen molar-refractivity contribution in [2.75, 3.05) is 28.6 Å². The maximum absolute atomic E-state index is 5.92. The minimum absolute atomic E-state index is 0.574. The zero-order valence-corrected chi connectivity index (χ0v) is 15.8. The number of hydrogen-bond donors (Lipinski definition) is 2. The summed E-state index contributed by atoms with van der Waals surface area (Å²) < 4.78 is 0. The summed E-state index contributed by atoms with van der Waals surface area (Å²) in [5.41, 5.74) is 3.40. The van der Waals surface area contributed by atoms with Crippen molar-refractivity contribution in [1.82, 2.24) is 9.97 Å². The molecule has 4 rings (SSSR count). The van der Waals surface area contributed by atoms with Crippen LogP contribution in [-0.4, -0.2) is 23.1 Å². The van der Waals surface area contributed by atoms with Crippen LogP contribution in [-0.2, 0) is 6.54 Å². The van der Waals surface area contributed by atoms with E-state index < -0.39 is 0 Å². The number of nitrogens with zero attached hydrogens (tertiary/aromatic N) is 3. The van der Waals surface area contributed by atoms with Crippen LogP contribution in [0.4, 0.5) is 23.1 Å². The lowest BCUT2D eigenvalue weighted by molar-refractivity contribution is 0.949. The van der Waals surface area contributed by atoms with Crippen molar-refractivity contribution in [3.63, 3.8) is 0 Å². The van der Waals surface area contributed by atoms with Crippen LogP contribution in [0.3, 0.4) is 0 Å². The molecule has 6 heteroatoms. The van der Waals surface area contributed by atoms with E-state index in [2.05, 4.69) is 49.8 Å². The van der Waals surface area contributed by atoms with Crippen molar-refractivity contribution in [2.24, 2.45) is 0 Å². The van der Waals surface area contributed by atoms with Crippen LogP contribution in [0.25, 0.3) is 0 Å². The Labute approximate surface area is 164 Å². The van der Waals surface area contributed by atoms with Crippen molar-refractivity contribution in [3.8, 4) is 0 Å². The van der Waals surface area contributed by atoms with Crippen molar-refractivity contribution < 1.29 is 0 Å². The highest BCUT2D eigenvalue weighted by Gasteiger charge is 2.11. The molecular formula is C21H22ClN5. The van der Waals surface area contributed by atoms with E-state index in [0.717, 1.165) is 35.2 Å². The highest BCUT2D eigenvalue weighted by atomic mass is 35.5. The summed E-state index contributed by atoms with van der Waals surface area (Å²) in [6, 6.07) is 18.1. The molecule has 0 atom stereocenters. The number of hydrogen-bond acceptors (Lipinski definition) is 5. The molecule has 5 nitrogen and oxygen atoms in total. The van der Waals surface area contributed by atoms with Gasteiger partial charge < -0.3 is 15.5 Å². The van der Waals surface area contributed by atoms with Gasteiger partial charge in [-0.15, -0.1) is 0 Å². The summed E-state index contributed by atoms with van der Waals surface area (Å²) in [7, 11) is 0. The normalized spacial score (nSPS) is 13.6. The zero-order chi connectivity index (χ0) is 18.5. The van der Waals surface area contributed by atoms with Crippen LogP contribution < -0.4 is 15.5 Å². The third-order valence-corrected chi connectivity index (χ3v) is 4.89. The lowest BCUT2D eigenvalue weighted by Crippen LogP contribution is -2.17. The van der Waals surface area contributed by atoms with Gasteiger partial charge in [0.15, 0.2) is 0 Å². The Hall–Kier alpha value is -2.79. The van der Waals surface area contributed by atoms with Crippen LogP contribution in [0.5, 0.6) is 0 Å². The Morgan fingerprint density at radius 1 is 0.926 bits per heavy atom. The predicted octanol–water partition coefficient (Wildman–Crippen LogP) is 5.09. The number of rotatable bonds is 6. The topological polar surface area (TPSA) is 53.1 Å². The average molecular weight is 380 g/mol. The summed E-state index contributed by atoms with van der Waals surface area (Å²) in [5, 5.41) is 7.32. The molecule has 27 heavy (non-hydrogen) atoms. The minimum Gasteiger partial charge on any atom is -0.372 e. The molecule has 3 aromatic rings. The number of halogens is 1. The monoisotopic (exact) mass is 379 g/mol. The van der Waals surface area contributed by atoms with Gasteiger partial charge in [-0.05, 0) is 60.9 Å². The molecule has 2 aromatic carbocycles. The Balaban J connectivity index is 1.37. The van der Waals surface area contributed by atoms with E-state index in [1.807, 2.05) is 30.3 Å². The van der Waals surface area contributed by atoms with Crippen LogP contribution in [0.15, 0.2) is 60.8 Å². The first-order valence-electron chi connectivity index (χ1n) is 9.20. The highest BCUT2D eigenvalue weighted by molar-refractivity contribution is 6.30. The lowest BCUT2D eigenvalue weighted by Gasteiger charge is -2.17. The molecule has 0 unspecified atom stereocenters. The summed E-state index contributed by atoms with van der Waals surface area (Å²) in [6.45, 7) is 2.98. The Bertz CT molecular complexity index is 874. The van der Waals surface area contributed by atoms with Crippen LogP contribution in [0.2, 0.25) is 5.02 Å². The molecule has 1 saturated heterocycles. The van der Waals surface area contributed by atoms with Gasteiger partial charge in [-0.1, -0.05) is 23.7 Å². The molecular weight excluding hydrogens is 358 g/mol. The van der Waals surface area contributed by atoms with Gasteiger partial charge >= 0.3 is 0 Å². The standard InChI is InChI=1S/C21H22ClN5/c22-17-5-3-16(4-6-17)15-24-20-11-12-23-21(26-20)25-18-7-9-19(10-8-18)27-13-1-2-14-27/h3-12H,1-2,13-15H2,(H2,23,24,25,26). The Morgan fingerprint density at radius 3 is 2.41 bits per heavy atom. The highest BCUT2D eigenvalue weighted by Crippen LogP contribution is 2.23. The van der Waals surface area contributed by atoms with Gasteiger partial charge in [0.05, 0.1) is 0 Å². The quantitative estimate of drug-likeness (QED) is 0.625. The molecule has 1 fully saturated rings.